The molecule has 2 nitrogen and oxygen atoms in total. The lowest BCUT2D eigenvalue weighted by Gasteiger charge is -2.23. The minimum absolute atomic E-state index is 0.189. The highest BCUT2D eigenvalue weighted by molar-refractivity contribution is 8.00. The van der Waals surface area contributed by atoms with Crippen molar-refractivity contribution in [3.8, 4) is 0 Å². The van der Waals surface area contributed by atoms with Crippen LogP contribution in [0.5, 0.6) is 0 Å². The van der Waals surface area contributed by atoms with E-state index in [0.29, 0.717) is 4.75 Å². The summed E-state index contributed by atoms with van der Waals surface area (Å²) in [6, 6.07) is 0. The number of aliphatic hydroxyl groups is 1. The molecule has 0 aromatic carbocycles. The van der Waals surface area contributed by atoms with Gasteiger partial charge in [-0.25, -0.2) is 0 Å². The molecule has 78 valence electrons. The molecule has 1 aliphatic heterocycles. The minimum Gasteiger partial charge on any atom is -0.392 e. The maximum atomic E-state index is 9.28. The van der Waals surface area contributed by atoms with Crippen LogP contribution in [0.3, 0.4) is 0 Å². The lowest BCUT2D eigenvalue weighted by Crippen LogP contribution is -2.33. The van der Waals surface area contributed by atoms with Gasteiger partial charge in [-0.1, -0.05) is 13.8 Å². The molecule has 1 atom stereocenters. The zero-order valence-electron chi connectivity index (χ0n) is 8.92. The van der Waals surface area contributed by atoms with E-state index in [1.165, 1.54) is 12.2 Å². The van der Waals surface area contributed by atoms with Gasteiger partial charge in [-0.2, -0.15) is 11.8 Å². The highest BCUT2D eigenvalue weighted by atomic mass is 32.2. The molecule has 3 heteroatoms. The zero-order chi connectivity index (χ0) is 9.90. The van der Waals surface area contributed by atoms with E-state index in [2.05, 4.69) is 18.7 Å². The molecule has 0 unspecified atom stereocenters. The van der Waals surface area contributed by atoms with Gasteiger partial charge < -0.3 is 5.11 Å². The third kappa shape index (κ3) is 4.34. The minimum atomic E-state index is -0.189. The van der Waals surface area contributed by atoms with Gasteiger partial charge in [-0.05, 0) is 19.9 Å². The van der Waals surface area contributed by atoms with Crippen LogP contribution < -0.4 is 0 Å². The van der Waals surface area contributed by atoms with Crippen LogP contribution in [0.25, 0.3) is 0 Å². The quantitative estimate of drug-likeness (QED) is 0.737. The van der Waals surface area contributed by atoms with Gasteiger partial charge in [0.2, 0.25) is 0 Å². The summed E-state index contributed by atoms with van der Waals surface area (Å²) in [5.41, 5.74) is 0. The molecular formula is C10H21NOS. The summed E-state index contributed by atoms with van der Waals surface area (Å²) in [6.07, 6.45) is 1.04. The summed E-state index contributed by atoms with van der Waals surface area (Å²) in [5.74, 6) is 1.19. The number of β-amino-alcohol motifs (C(OH)–C–C–N with tert-alkyl or cyclic N) is 1. The van der Waals surface area contributed by atoms with E-state index >= 15 is 0 Å². The molecule has 0 aliphatic carbocycles. The summed E-state index contributed by atoms with van der Waals surface area (Å²) >= 11 is 2.05. The standard InChI is InChI=1S/C10H21NOS/c1-9(12)8-11-5-4-10(2,3)13-7-6-11/h9,12H,4-8H2,1-3H3/t9-/m1/s1. The lowest BCUT2D eigenvalue weighted by molar-refractivity contribution is 0.129. The molecule has 0 bridgehead atoms. The largest absolute Gasteiger partial charge is 0.392 e. The van der Waals surface area contributed by atoms with Crippen LogP contribution in [0.4, 0.5) is 0 Å². The highest BCUT2D eigenvalue weighted by Crippen LogP contribution is 2.30. The molecule has 13 heavy (non-hydrogen) atoms. The first-order valence-electron chi connectivity index (χ1n) is 5.04. The zero-order valence-corrected chi connectivity index (χ0v) is 9.73. The van der Waals surface area contributed by atoms with Crippen LogP contribution in [-0.2, 0) is 0 Å². The number of hydrogen-bond acceptors (Lipinski definition) is 3. The van der Waals surface area contributed by atoms with Crippen molar-refractivity contribution >= 4 is 11.8 Å². The van der Waals surface area contributed by atoms with Crippen molar-refractivity contribution in [3.05, 3.63) is 0 Å². The molecule has 1 heterocycles. The Balaban J connectivity index is 2.36. The van der Waals surface area contributed by atoms with Gasteiger partial charge in [0.05, 0.1) is 6.10 Å². The molecule has 1 fully saturated rings. The Morgan fingerprint density at radius 1 is 1.46 bits per heavy atom. The molecule has 1 saturated heterocycles. The SMILES string of the molecule is C[C@@H](O)CN1CCSC(C)(C)CC1. The third-order valence-electron chi connectivity index (χ3n) is 2.45. The van der Waals surface area contributed by atoms with Crippen LogP contribution in [0.1, 0.15) is 27.2 Å². The van der Waals surface area contributed by atoms with Crippen molar-refractivity contribution in [3.63, 3.8) is 0 Å². The summed E-state index contributed by atoms with van der Waals surface area (Å²) < 4.78 is 0.424. The van der Waals surface area contributed by atoms with Gasteiger partial charge in [0.1, 0.15) is 0 Å². The normalized spacial score (nSPS) is 26.8. The molecule has 0 amide bonds. The van der Waals surface area contributed by atoms with Gasteiger partial charge in [-0.3, -0.25) is 4.90 Å². The van der Waals surface area contributed by atoms with Crippen molar-refractivity contribution in [1.29, 1.82) is 0 Å². The molecule has 1 N–H and O–H groups in total. The van der Waals surface area contributed by atoms with E-state index in [4.69, 9.17) is 0 Å². The van der Waals surface area contributed by atoms with Crippen LogP contribution >= 0.6 is 11.8 Å². The average Bonchev–Trinajstić information content (AvgIpc) is 2.12. The number of aliphatic hydroxyl groups excluding tert-OH is 1. The lowest BCUT2D eigenvalue weighted by atomic mass is 10.1. The van der Waals surface area contributed by atoms with E-state index < -0.39 is 0 Å². The number of hydrogen-bond donors (Lipinski definition) is 1. The Labute approximate surface area is 85.7 Å². The first-order valence-corrected chi connectivity index (χ1v) is 6.02. The van der Waals surface area contributed by atoms with Crippen LogP contribution in [0.15, 0.2) is 0 Å². The van der Waals surface area contributed by atoms with Gasteiger partial charge >= 0.3 is 0 Å². The van der Waals surface area contributed by atoms with Crippen molar-refractivity contribution < 1.29 is 5.11 Å². The van der Waals surface area contributed by atoms with E-state index in [9.17, 15) is 5.11 Å². The predicted molar refractivity (Wildman–Crippen MR) is 59.3 cm³/mol. The fraction of sp³-hybridized carbons (Fsp3) is 1.00. The van der Waals surface area contributed by atoms with Crippen molar-refractivity contribution in [2.75, 3.05) is 25.4 Å². The maximum absolute atomic E-state index is 9.28. The highest BCUT2D eigenvalue weighted by Gasteiger charge is 2.23. The molecule has 0 spiro atoms. The Morgan fingerprint density at radius 2 is 2.15 bits per heavy atom. The van der Waals surface area contributed by atoms with E-state index in [1.807, 2.05) is 18.7 Å². The number of rotatable bonds is 2. The maximum Gasteiger partial charge on any atom is 0.0639 e. The Morgan fingerprint density at radius 3 is 2.77 bits per heavy atom. The smallest absolute Gasteiger partial charge is 0.0639 e. The Kier molecular flexibility index (Phi) is 4.07. The van der Waals surface area contributed by atoms with Gasteiger partial charge in [0, 0.05) is 23.6 Å². The summed E-state index contributed by atoms with van der Waals surface area (Å²) in [4.78, 5) is 2.37. The molecule has 0 aromatic heterocycles. The van der Waals surface area contributed by atoms with Crippen LogP contribution in [0.2, 0.25) is 0 Å². The second kappa shape index (κ2) is 4.67. The van der Waals surface area contributed by atoms with Gasteiger partial charge in [0.15, 0.2) is 0 Å². The second-order valence-corrected chi connectivity index (χ2v) is 6.31. The second-order valence-electron chi connectivity index (χ2n) is 4.51. The molecule has 0 aromatic rings. The first-order chi connectivity index (χ1) is 5.99. The fourth-order valence-corrected chi connectivity index (χ4v) is 2.76. The van der Waals surface area contributed by atoms with Crippen molar-refractivity contribution in [2.45, 2.75) is 38.0 Å². The van der Waals surface area contributed by atoms with Gasteiger partial charge in [0.25, 0.3) is 0 Å². The fourth-order valence-electron chi connectivity index (χ4n) is 1.62. The molecule has 1 rings (SSSR count). The monoisotopic (exact) mass is 203 g/mol. The molecule has 1 aliphatic rings. The van der Waals surface area contributed by atoms with E-state index in [-0.39, 0.29) is 6.10 Å². The third-order valence-corrected chi connectivity index (χ3v) is 3.83. The molecule has 0 saturated carbocycles. The number of nitrogens with zero attached hydrogens (tertiary/aromatic N) is 1. The average molecular weight is 203 g/mol. The topological polar surface area (TPSA) is 23.5 Å². The summed E-state index contributed by atoms with van der Waals surface area (Å²) in [7, 11) is 0. The first kappa shape index (κ1) is 11.3. The van der Waals surface area contributed by atoms with Crippen molar-refractivity contribution in [1.82, 2.24) is 4.90 Å². The summed E-state index contributed by atoms with van der Waals surface area (Å²) in [6.45, 7) is 9.57. The number of thioether (sulfide) groups is 1. The van der Waals surface area contributed by atoms with Gasteiger partial charge in [-0.15, -0.1) is 0 Å². The summed E-state index contributed by atoms with van der Waals surface area (Å²) in [5, 5.41) is 9.28. The van der Waals surface area contributed by atoms with Crippen LogP contribution in [-0.4, -0.2) is 46.2 Å². The van der Waals surface area contributed by atoms with Crippen LogP contribution in [0, 0.1) is 0 Å². The Bertz CT molecular complexity index is 159. The van der Waals surface area contributed by atoms with Crippen molar-refractivity contribution in [2.24, 2.45) is 0 Å². The van der Waals surface area contributed by atoms with E-state index in [1.54, 1.807) is 0 Å². The Hall–Kier alpha value is 0.270. The predicted octanol–water partition coefficient (Wildman–Crippen LogP) is 1.58. The van der Waals surface area contributed by atoms with E-state index in [0.717, 1.165) is 19.6 Å². The molecule has 0 radical (unpaired) electrons. The molecular weight excluding hydrogens is 182 g/mol.